The van der Waals surface area contributed by atoms with Crippen LogP contribution in [0.3, 0.4) is 0 Å². The molecule has 0 radical (unpaired) electrons. The first-order chi connectivity index (χ1) is 8.43. The molecule has 2 rings (SSSR count). The fourth-order valence-electron chi connectivity index (χ4n) is 2.02. The van der Waals surface area contributed by atoms with Gasteiger partial charge in [-0.1, -0.05) is 13.8 Å². The van der Waals surface area contributed by atoms with Crippen LogP contribution < -0.4 is 9.47 Å². The van der Waals surface area contributed by atoms with Crippen molar-refractivity contribution in [3.05, 3.63) is 21.7 Å². The molecular weight excluding hydrogens is 304 g/mol. The first kappa shape index (κ1) is 13.2. The molecule has 1 aromatic rings. The Hall–Kier alpha value is -1.27. The van der Waals surface area contributed by atoms with Crippen LogP contribution in [0.1, 0.15) is 37.0 Å². The Morgan fingerprint density at radius 1 is 1.39 bits per heavy atom. The van der Waals surface area contributed by atoms with Crippen molar-refractivity contribution < 1.29 is 24.5 Å². The number of aliphatic carboxylic acids is 1. The molecule has 98 valence electrons. The van der Waals surface area contributed by atoms with Crippen molar-refractivity contribution in [2.24, 2.45) is 0 Å². The van der Waals surface area contributed by atoms with E-state index in [0.29, 0.717) is 27.1 Å². The molecule has 1 atom stereocenters. The van der Waals surface area contributed by atoms with Crippen LogP contribution in [-0.2, 0) is 4.79 Å². The quantitative estimate of drug-likeness (QED) is 0.895. The van der Waals surface area contributed by atoms with E-state index in [2.05, 4.69) is 15.9 Å². The first-order valence-electron chi connectivity index (χ1n) is 5.46. The topological polar surface area (TPSA) is 76.0 Å². The van der Waals surface area contributed by atoms with Gasteiger partial charge in [-0.3, -0.25) is 0 Å². The molecular formula is C12H13BrO5. The Kier molecular flexibility index (Phi) is 3.49. The highest BCUT2D eigenvalue weighted by Crippen LogP contribution is 2.47. The van der Waals surface area contributed by atoms with E-state index in [-0.39, 0.29) is 12.7 Å². The number of benzene rings is 1. The van der Waals surface area contributed by atoms with Crippen molar-refractivity contribution in [3.8, 4) is 11.5 Å². The molecule has 6 heteroatoms. The summed E-state index contributed by atoms with van der Waals surface area (Å²) in [6, 6.07) is 1.57. The van der Waals surface area contributed by atoms with Gasteiger partial charge in [0.1, 0.15) is 0 Å². The Labute approximate surface area is 112 Å². The normalized spacial score (nSPS) is 14.9. The van der Waals surface area contributed by atoms with Crippen LogP contribution in [0.4, 0.5) is 0 Å². The number of hydrogen-bond donors (Lipinski definition) is 2. The zero-order chi connectivity index (χ0) is 13.4. The lowest BCUT2D eigenvalue weighted by atomic mass is 9.92. The largest absolute Gasteiger partial charge is 0.479 e. The monoisotopic (exact) mass is 316 g/mol. The lowest BCUT2D eigenvalue weighted by Crippen LogP contribution is -2.14. The van der Waals surface area contributed by atoms with Gasteiger partial charge in [0.05, 0.1) is 4.47 Å². The number of fused-ring (bicyclic) bond motifs is 1. The number of aliphatic hydroxyl groups excluding tert-OH is 1. The molecule has 0 aromatic heterocycles. The predicted molar refractivity (Wildman–Crippen MR) is 66.9 cm³/mol. The van der Waals surface area contributed by atoms with Gasteiger partial charge in [0.25, 0.3) is 0 Å². The highest BCUT2D eigenvalue weighted by molar-refractivity contribution is 9.10. The van der Waals surface area contributed by atoms with Crippen LogP contribution in [-0.4, -0.2) is 23.0 Å². The van der Waals surface area contributed by atoms with Gasteiger partial charge in [-0.2, -0.15) is 0 Å². The second-order valence-corrected chi connectivity index (χ2v) is 5.18. The van der Waals surface area contributed by atoms with E-state index in [9.17, 15) is 9.90 Å². The number of halogens is 1. The third-order valence-corrected chi connectivity index (χ3v) is 3.36. The summed E-state index contributed by atoms with van der Waals surface area (Å²) in [5.74, 6) is -0.213. The van der Waals surface area contributed by atoms with Gasteiger partial charge in [-0.25, -0.2) is 4.79 Å². The maximum Gasteiger partial charge on any atom is 0.337 e. The minimum atomic E-state index is -1.58. The molecule has 1 aromatic carbocycles. The van der Waals surface area contributed by atoms with Crippen LogP contribution in [0.15, 0.2) is 10.5 Å². The van der Waals surface area contributed by atoms with E-state index < -0.39 is 12.1 Å². The molecule has 18 heavy (non-hydrogen) atoms. The second-order valence-electron chi connectivity index (χ2n) is 4.32. The summed E-state index contributed by atoms with van der Waals surface area (Å²) in [5.41, 5.74) is 0.995. The number of carboxylic acid groups (broad SMARTS) is 1. The number of hydrogen-bond acceptors (Lipinski definition) is 4. The molecule has 0 saturated heterocycles. The smallest absolute Gasteiger partial charge is 0.337 e. The van der Waals surface area contributed by atoms with Crippen molar-refractivity contribution >= 4 is 21.9 Å². The summed E-state index contributed by atoms with van der Waals surface area (Å²) in [7, 11) is 0. The van der Waals surface area contributed by atoms with E-state index in [4.69, 9.17) is 14.6 Å². The minimum absolute atomic E-state index is 0.0116. The Balaban J connectivity index is 2.66. The maximum atomic E-state index is 10.9. The summed E-state index contributed by atoms with van der Waals surface area (Å²) in [5, 5.41) is 18.7. The minimum Gasteiger partial charge on any atom is -0.479 e. The zero-order valence-corrected chi connectivity index (χ0v) is 11.5. The molecule has 0 bridgehead atoms. The molecule has 0 spiro atoms. The second kappa shape index (κ2) is 4.78. The molecule has 1 unspecified atom stereocenters. The predicted octanol–water partition coefficient (Wildman–Crippen LogP) is 2.42. The summed E-state index contributed by atoms with van der Waals surface area (Å²) >= 11 is 3.29. The number of carbonyl (C=O) groups is 1. The van der Waals surface area contributed by atoms with Crippen LogP contribution in [0.25, 0.3) is 0 Å². The first-order valence-corrected chi connectivity index (χ1v) is 6.25. The molecule has 2 N–H and O–H groups in total. The van der Waals surface area contributed by atoms with E-state index in [1.54, 1.807) is 6.07 Å². The van der Waals surface area contributed by atoms with Crippen molar-refractivity contribution in [2.75, 3.05) is 6.79 Å². The molecule has 0 amide bonds. The van der Waals surface area contributed by atoms with Gasteiger partial charge in [0.2, 0.25) is 6.79 Å². The third kappa shape index (κ3) is 2.06. The molecule has 0 saturated carbocycles. The molecule has 1 aliphatic rings. The summed E-state index contributed by atoms with van der Waals surface area (Å²) in [6.07, 6.45) is -1.58. The SMILES string of the molecule is CC(C)c1c(C(O)C(=O)O)cc(Br)c2c1OCO2. The van der Waals surface area contributed by atoms with Crippen LogP contribution >= 0.6 is 15.9 Å². The van der Waals surface area contributed by atoms with Crippen molar-refractivity contribution in [2.45, 2.75) is 25.9 Å². The van der Waals surface area contributed by atoms with Crippen molar-refractivity contribution in [3.63, 3.8) is 0 Å². The van der Waals surface area contributed by atoms with Crippen LogP contribution in [0.2, 0.25) is 0 Å². The third-order valence-electron chi connectivity index (χ3n) is 2.77. The van der Waals surface area contributed by atoms with Gasteiger partial charge in [0.15, 0.2) is 17.6 Å². The van der Waals surface area contributed by atoms with Gasteiger partial charge in [0, 0.05) is 11.1 Å². The van der Waals surface area contributed by atoms with Gasteiger partial charge < -0.3 is 19.7 Å². The van der Waals surface area contributed by atoms with E-state index in [1.165, 1.54) is 0 Å². The van der Waals surface area contributed by atoms with Crippen LogP contribution in [0.5, 0.6) is 11.5 Å². The van der Waals surface area contributed by atoms with Crippen molar-refractivity contribution in [1.29, 1.82) is 0 Å². The average Bonchev–Trinajstić information content (AvgIpc) is 2.76. The average molecular weight is 317 g/mol. The highest BCUT2D eigenvalue weighted by Gasteiger charge is 2.30. The Morgan fingerprint density at radius 3 is 2.56 bits per heavy atom. The molecule has 0 fully saturated rings. The zero-order valence-electron chi connectivity index (χ0n) is 9.94. The summed E-state index contributed by atoms with van der Waals surface area (Å²) < 4.78 is 11.3. The van der Waals surface area contributed by atoms with Gasteiger partial charge in [-0.15, -0.1) is 0 Å². The lowest BCUT2D eigenvalue weighted by molar-refractivity contribution is -0.147. The van der Waals surface area contributed by atoms with E-state index >= 15 is 0 Å². The van der Waals surface area contributed by atoms with Crippen molar-refractivity contribution in [1.82, 2.24) is 0 Å². The standard InChI is InChI=1S/C12H13BrO5/c1-5(2)8-6(9(14)12(15)16)3-7(13)10-11(8)18-4-17-10/h3,5,9,14H,4H2,1-2H3,(H,15,16). The van der Waals surface area contributed by atoms with E-state index in [0.717, 1.165) is 0 Å². The number of rotatable bonds is 3. The van der Waals surface area contributed by atoms with Gasteiger partial charge in [-0.05, 0) is 27.9 Å². The van der Waals surface area contributed by atoms with E-state index in [1.807, 2.05) is 13.8 Å². The summed E-state index contributed by atoms with van der Waals surface area (Å²) in [4.78, 5) is 10.9. The molecule has 1 aliphatic heterocycles. The number of ether oxygens (including phenoxy) is 2. The molecule has 0 aliphatic carbocycles. The van der Waals surface area contributed by atoms with Crippen LogP contribution in [0, 0.1) is 0 Å². The maximum absolute atomic E-state index is 10.9. The van der Waals surface area contributed by atoms with Gasteiger partial charge >= 0.3 is 5.97 Å². The molecule has 1 heterocycles. The Bertz CT molecular complexity index is 498. The number of carboxylic acids is 1. The highest BCUT2D eigenvalue weighted by atomic mass is 79.9. The fourth-order valence-corrected chi connectivity index (χ4v) is 2.56. The number of aliphatic hydroxyl groups is 1. The molecule has 5 nitrogen and oxygen atoms in total. The lowest BCUT2D eigenvalue weighted by Gasteiger charge is -2.18. The fraction of sp³-hybridized carbons (Fsp3) is 0.417. The Morgan fingerprint density at radius 2 is 2.00 bits per heavy atom. The summed E-state index contributed by atoms with van der Waals surface area (Å²) in [6.45, 7) is 3.91.